The molecule has 2 atom stereocenters. The fourth-order valence-corrected chi connectivity index (χ4v) is 1.50. The van der Waals surface area contributed by atoms with Gasteiger partial charge in [-0.25, -0.2) is 4.79 Å². The van der Waals surface area contributed by atoms with E-state index in [4.69, 9.17) is 4.74 Å². The molecule has 13 heavy (non-hydrogen) atoms. The average molecular weight is 186 g/mol. The summed E-state index contributed by atoms with van der Waals surface area (Å²) in [6.45, 7) is 9.38. The fraction of sp³-hybridized carbons (Fsp3) is 0.900. The Morgan fingerprint density at radius 2 is 1.85 bits per heavy atom. The average Bonchev–Trinajstić information content (AvgIpc) is 2.01. The van der Waals surface area contributed by atoms with Gasteiger partial charge >= 0.3 is 5.97 Å². The molecule has 0 aromatic carbocycles. The SMILES string of the molecule is CC1(O)CC(C)(C(C)(C)C)OC1=O. The van der Waals surface area contributed by atoms with Crippen molar-refractivity contribution in [1.29, 1.82) is 0 Å². The van der Waals surface area contributed by atoms with Crippen molar-refractivity contribution in [1.82, 2.24) is 0 Å². The standard InChI is InChI=1S/C10H18O3/c1-8(2,3)10(5)6-9(4,12)7(11)13-10/h12H,6H2,1-5H3. The van der Waals surface area contributed by atoms with Crippen molar-refractivity contribution >= 4 is 5.97 Å². The minimum Gasteiger partial charge on any atom is -0.457 e. The van der Waals surface area contributed by atoms with Crippen LogP contribution in [0.5, 0.6) is 0 Å². The molecule has 1 rings (SSSR count). The molecule has 0 amide bonds. The first-order valence-corrected chi connectivity index (χ1v) is 4.54. The number of hydrogen-bond donors (Lipinski definition) is 1. The van der Waals surface area contributed by atoms with Gasteiger partial charge in [-0.05, 0) is 13.8 Å². The minimum atomic E-state index is -1.32. The van der Waals surface area contributed by atoms with Gasteiger partial charge in [0.05, 0.1) is 0 Å². The van der Waals surface area contributed by atoms with Crippen LogP contribution in [0.2, 0.25) is 0 Å². The lowest BCUT2D eigenvalue weighted by Gasteiger charge is -2.36. The molecule has 0 bridgehead atoms. The summed E-state index contributed by atoms with van der Waals surface area (Å²) < 4.78 is 5.24. The molecular formula is C10H18O3. The van der Waals surface area contributed by atoms with Crippen molar-refractivity contribution in [2.24, 2.45) is 5.41 Å². The Morgan fingerprint density at radius 3 is 2.00 bits per heavy atom. The van der Waals surface area contributed by atoms with Crippen LogP contribution in [-0.2, 0) is 9.53 Å². The molecule has 3 nitrogen and oxygen atoms in total. The minimum absolute atomic E-state index is 0.150. The molecule has 1 N–H and O–H groups in total. The van der Waals surface area contributed by atoms with Crippen LogP contribution in [0.4, 0.5) is 0 Å². The number of rotatable bonds is 0. The van der Waals surface area contributed by atoms with Gasteiger partial charge in [0.2, 0.25) is 0 Å². The molecule has 3 heteroatoms. The number of carbonyl (C=O) groups is 1. The van der Waals surface area contributed by atoms with E-state index in [0.29, 0.717) is 6.42 Å². The third kappa shape index (κ3) is 1.57. The van der Waals surface area contributed by atoms with Crippen molar-refractivity contribution < 1.29 is 14.6 Å². The fourth-order valence-electron chi connectivity index (χ4n) is 1.50. The largest absolute Gasteiger partial charge is 0.457 e. The van der Waals surface area contributed by atoms with Crippen molar-refractivity contribution in [2.45, 2.75) is 52.2 Å². The molecule has 0 radical (unpaired) electrons. The van der Waals surface area contributed by atoms with Crippen LogP contribution in [0.25, 0.3) is 0 Å². The summed E-state index contributed by atoms with van der Waals surface area (Å²) in [5.41, 5.74) is -2.03. The maximum atomic E-state index is 11.3. The van der Waals surface area contributed by atoms with E-state index in [-0.39, 0.29) is 5.41 Å². The molecule has 0 spiro atoms. The molecular weight excluding hydrogens is 168 g/mol. The second kappa shape index (κ2) is 2.47. The number of ether oxygens (including phenoxy) is 1. The van der Waals surface area contributed by atoms with Gasteiger partial charge in [0.25, 0.3) is 0 Å². The molecule has 1 aliphatic rings. The van der Waals surface area contributed by atoms with Gasteiger partial charge in [0.1, 0.15) is 5.60 Å². The van der Waals surface area contributed by atoms with Crippen LogP contribution in [0.1, 0.15) is 41.0 Å². The number of hydrogen-bond acceptors (Lipinski definition) is 3. The number of carbonyl (C=O) groups excluding carboxylic acids is 1. The second-order valence-corrected chi connectivity index (χ2v) is 5.32. The van der Waals surface area contributed by atoms with Gasteiger partial charge in [-0.15, -0.1) is 0 Å². The van der Waals surface area contributed by atoms with E-state index < -0.39 is 17.2 Å². The lowest BCUT2D eigenvalue weighted by atomic mass is 9.74. The van der Waals surface area contributed by atoms with Crippen molar-refractivity contribution in [3.8, 4) is 0 Å². The third-order valence-electron chi connectivity index (χ3n) is 3.03. The maximum Gasteiger partial charge on any atom is 0.338 e. The zero-order valence-electron chi connectivity index (χ0n) is 8.97. The molecule has 0 aromatic heterocycles. The summed E-state index contributed by atoms with van der Waals surface area (Å²) in [4.78, 5) is 11.3. The lowest BCUT2D eigenvalue weighted by molar-refractivity contribution is -0.162. The summed E-state index contributed by atoms with van der Waals surface area (Å²) in [7, 11) is 0. The Balaban J connectivity index is 2.96. The topological polar surface area (TPSA) is 46.5 Å². The van der Waals surface area contributed by atoms with Crippen molar-refractivity contribution in [3.05, 3.63) is 0 Å². The van der Waals surface area contributed by atoms with Gasteiger partial charge < -0.3 is 9.84 Å². The van der Waals surface area contributed by atoms with Gasteiger partial charge in [-0.3, -0.25) is 0 Å². The Hall–Kier alpha value is -0.570. The molecule has 0 saturated carbocycles. The first-order chi connectivity index (χ1) is 5.58. The lowest BCUT2D eigenvalue weighted by Crippen LogP contribution is -2.40. The highest BCUT2D eigenvalue weighted by Gasteiger charge is 2.55. The number of cyclic esters (lactones) is 1. The molecule has 0 aromatic rings. The highest BCUT2D eigenvalue weighted by molar-refractivity contribution is 5.81. The first-order valence-electron chi connectivity index (χ1n) is 4.54. The van der Waals surface area contributed by atoms with Gasteiger partial charge in [-0.1, -0.05) is 20.8 Å². The van der Waals surface area contributed by atoms with E-state index in [1.165, 1.54) is 6.92 Å². The predicted octanol–water partition coefficient (Wildman–Crippen LogP) is 1.49. The van der Waals surface area contributed by atoms with Crippen LogP contribution >= 0.6 is 0 Å². The molecule has 2 unspecified atom stereocenters. The predicted molar refractivity (Wildman–Crippen MR) is 49.2 cm³/mol. The monoisotopic (exact) mass is 186 g/mol. The Kier molecular flexibility index (Phi) is 2.00. The van der Waals surface area contributed by atoms with Crippen LogP contribution in [0.3, 0.4) is 0 Å². The zero-order chi connectivity index (χ0) is 10.5. The van der Waals surface area contributed by atoms with Crippen molar-refractivity contribution in [3.63, 3.8) is 0 Å². The van der Waals surface area contributed by atoms with Crippen LogP contribution in [0, 0.1) is 5.41 Å². The maximum absolute atomic E-state index is 11.3. The van der Waals surface area contributed by atoms with E-state index in [1.807, 2.05) is 27.7 Å². The number of esters is 1. The molecule has 76 valence electrons. The first kappa shape index (κ1) is 10.5. The van der Waals surface area contributed by atoms with Crippen LogP contribution in [-0.4, -0.2) is 22.3 Å². The summed E-state index contributed by atoms with van der Waals surface area (Å²) in [5.74, 6) is -0.509. The van der Waals surface area contributed by atoms with Gasteiger partial charge in [0, 0.05) is 11.8 Å². The van der Waals surface area contributed by atoms with Crippen LogP contribution < -0.4 is 0 Å². The molecule has 0 aliphatic carbocycles. The Bertz CT molecular complexity index is 237. The van der Waals surface area contributed by atoms with E-state index in [1.54, 1.807) is 0 Å². The zero-order valence-corrected chi connectivity index (χ0v) is 8.97. The number of aliphatic hydroxyl groups is 1. The molecule has 1 fully saturated rings. The molecule has 1 aliphatic heterocycles. The quantitative estimate of drug-likeness (QED) is 0.583. The van der Waals surface area contributed by atoms with E-state index in [0.717, 1.165) is 0 Å². The summed E-state index contributed by atoms with van der Waals surface area (Å²) in [5, 5.41) is 9.69. The summed E-state index contributed by atoms with van der Waals surface area (Å²) in [6, 6.07) is 0. The van der Waals surface area contributed by atoms with E-state index in [2.05, 4.69) is 0 Å². The van der Waals surface area contributed by atoms with Crippen molar-refractivity contribution in [2.75, 3.05) is 0 Å². The highest BCUT2D eigenvalue weighted by atomic mass is 16.6. The molecule has 1 saturated heterocycles. The van der Waals surface area contributed by atoms with Gasteiger partial charge in [0.15, 0.2) is 5.60 Å². The van der Waals surface area contributed by atoms with Gasteiger partial charge in [-0.2, -0.15) is 0 Å². The third-order valence-corrected chi connectivity index (χ3v) is 3.03. The second-order valence-electron chi connectivity index (χ2n) is 5.32. The van der Waals surface area contributed by atoms with E-state index in [9.17, 15) is 9.90 Å². The Labute approximate surface area is 79.1 Å². The smallest absolute Gasteiger partial charge is 0.338 e. The normalized spacial score (nSPS) is 40.6. The molecule has 1 heterocycles. The summed E-state index contributed by atoms with van der Waals surface area (Å²) in [6.07, 6.45) is 0.363. The van der Waals surface area contributed by atoms with E-state index >= 15 is 0 Å². The van der Waals surface area contributed by atoms with Crippen LogP contribution in [0.15, 0.2) is 0 Å². The highest BCUT2D eigenvalue weighted by Crippen LogP contribution is 2.45. The Morgan fingerprint density at radius 1 is 1.38 bits per heavy atom. The summed E-state index contributed by atoms with van der Waals surface area (Å²) >= 11 is 0.